The minimum atomic E-state index is -1.50. The van der Waals surface area contributed by atoms with E-state index in [0.29, 0.717) is 0 Å². The first-order valence-corrected chi connectivity index (χ1v) is 1.13. The monoisotopic (exact) mass is 243 g/mol. The smallest absolute Gasteiger partial charge is 0.291 e. The van der Waals surface area contributed by atoms with E-state index in [2.05, 4.69) is 0 Å². The van der Waals surface area contributed by atoms with Crippen LogP contribution < -0.4 is 0 Å². The van der Waals surface area contributed by atoms with Gasteiger partial charge in [-0.1, -0.05) is 0 Å². The third-order valence-corrected chi connectivity index (χ3v) is 0. The Balaban J connectivity index is -0.0000000112. The summed E-state index contributed by atoms with van der Waals surface area (Å²) >= 11 is 0. The molecule has 0 aromatic carbocycles. The van der Waals surface area contributed by atoms with Crippen molar-refractivity contribution in [3.05, 3.63) is 20.2 Å². The summed E-state index contributed by atoms with van der Waals surface area (Å²) in [5.74, 6) is 0. The summed E-state index contributed by atoms with van der Waals surface area (Å²) in [4.78, 5) is 16.7. The zero-order valence-electron chi connectivity index (χ0n) is 5.22. The number of hydrogen-bond donors (Lipinski definition) is 2. The van der Waals surface area contributed by atoms with Gasteiger partial charge in [-0.3, -0.25) is 0 Å². The van der Waals surface area contributed by atoms with E-state index in [1.807, 2.05) is 0 Å². The molecule has 12 heavy (non-hydrogen) atoms. The maximum atomic E-state index is 8.36. The van der Waals surface area contributed by atoms with E-state index < -0.39 is 10.2 Å². The molecule has 0 fully saturated rings. The van der Waals surface area contributed by atoms with Gasteiger partial charge in [0, 0.05) is 17.1 Å². The average Bonchev–Trinajstić information content (AvgIpc) is 1.25. The van der Waals surface area contributed by atoms with Crippen molar-refractivity contribution in [2.24, 2.45) is 0 Å². The Morgan fingerprint density at radius 2 is 0.833 bits per heavy atom. The fourth-order valence-electron chi connectivity index (χ4n) is 0. The molecule has 0 aliphatic rings. The van der Waals surface area contributed by atoms with Crippen molar-refractivity contribution < 1.29 is 54.1 Å². The molecule has 0 aliphatic heterocycles. The largest absolute Gasteiger partial charge is 0.412 e. The summed E-state index contributed by atoms with van der Waals surface area (Å²) in [6, 6.07) is 0. The molecule has 0 bridgehead atoms. The van der Waals surface area contributed by atoms with Crippen LogP contribution >= 0.6 is 0 Å². The quantitative estimate of drug-likeness (QED) is 0.253. The molecule has 0 aliphatic carbocycles. The van der Waals surface area contributed by atoms with Gasteiger partial charge in [-0.2, -0.15) is 0 Å². The van der Waals surface area contributed by atoms with E-state index in [4.69, 9.17) is 30.6 Å². The van der Waals surface area contributed by atoms with Gasteiger partial charge < -0.3 is 26.8 Å². The van der Waals surface area contributed by atoms with Crippen LogP contribution in [0.3, 0.4) is 0 Å². The summed E-state index contributed by atoms with van der Waals surface area (Å²) in [6.45, 7) is 0. The van der Waals surface area contributed by atoms with Gasteiger partial charge >= 0.3 is 0 Å². The van der Waals surface area contributed by atoms with Gasteiger partial charge in [-0.05, 0) is 0 Å². The summed E-state index contributed by atoms with van der Waals surface area (Å²) in [5.41, 5.74) is 0. The molecular formula is H8CuN2O9. The molecule has 0 aromatic heterocycles. The second-order valence-corrected chi connectivity index (χ2v) is 0.476. The van der Waals surface area contributed by atoms with Crippen LogP contribution in [-0.2, 0) is 17.1 Å². The van der Waals surface area contributed by atoms with Crippen LogP contribution in [0.2, 0.25) is 0 Å². The molecule has 8 N–H and O–H groups in total. The van der Waals surface area contributed by atoms with Crippen LogP contribution in [0, 0.1) is 20.2 Å². The van der Waals surface area contributed by atoms with Gasteiger partial charge in [0.2, 0.25) is 0 Å². The first-order valence-electron chi connectivity index (χ1n) is 1.13. The normalized spacial score (nSPS) is 4.00. The molecule has 0 rings (SSSR count). The van der Waals surface area contributed by atoms with E-state index in [1.165, 1.54) is 0 Å². The maximum absolute atomic E-state index is 8.36. The maximum Gasteiger partial charge on any atom is 0.291 e. The van der Waals surface area contributed by atoms with E-state index in [-0.39, 0.29) is 33.5 Å². The third kappa shape index (κ3) is 371. The van der Waals surface area contributed by atoms with Crippen molar-refractivity contribution in [3.8, 4) is 0 Å². The second-order valence-electron chi connectivity index (χ2n) is 0.476. The number of hydrogen-bond acceptors (Lipinski definition) is 4. The molecule has 0 amide bonds. The van der Waals surface area contributed by atoms with Crippen LogP contribution in [0.4, 0.5) is 0 Å². The van der Waals surface area contributed by atoms with Crippen molar-refractivity contribution in [3.63, 3.8) is 0 Å². The van der Waals surface area contributed by atoms with E-state index >= 15 is 0 Å². The predicted octanol–water partition coefficient (Wildman–Crippen LogP) is -3.17. The van der Waals surface area contributed by atoms with Gasteiger partial charge in [-0.15, -0.1) is 20.2 Å². The average molecular weight is 244 g/mol. The molecule has 0 saturated carbocycles. The third-order valence-electron chi connectivity index (χ3n) is 0. The second kappa shape index (κ2) is 32.9. The molecule has 12 heteroatoms. The van der Waals surface area contributed by atoms with Crippen molar-refractivity contribution in [2.45, 2.75) is 0 Å². The molecule has 11 nitrogen and oxygen atoms in total. The van der Waals surface area contributed by atoms with Crippen molar-refractivity contribution in [2.75, 3.05) is 0 Å². The minimum absolute atomic E-state index is 0. The Labute approximate surface area is 75.2 Å². The van der Waals surface area contributed by atoms with Crippen molar-refractivity contribution in [1.29, 1.82) is 0 Å². The van der Waals surface area contributed by atoms with Gasteiger partial charge in [0.25, 0.3) is 10.2 Å². The fraction of sp³-hybridized carbons (Fsp3) is 0. The van der Waals surface area contributed by atoms with Crippen molar-refractivity contribution in [1.82, 2.24) is 0 Å². The first-order chi connectivity index (χ1) is 3.46. The molecule has 83 valence electrons. The predicted molar refractivity (Wildman–Crippen MR) is 28.4 cm³/mol. The zero-order valence-corrected chi connectivity index (χ0v) is 6.17. The zero-order chi connectivity index (χ0) is 7.15. The summed E-state index contributed by atoms with van der Waals surface area (Å²) < 4.78 is 0. The molecule has 0 heterocycles. The Kier molecular flexibility index (Phi) is 124. The van der Waals surface area contributed by atoms with E-state index in [1.54, 1.807) is 0 Å². The molecule has 0 aromatic rings. The topological polar surface area (TPSA) is 221 Å². The Morgan fingerprint density at radius 3 is 0.833 bits per heavy atom. The number of rotatable bonds is 0. The van der Waals surface area contributed by atoms with Crippen LogP contribution in [0.5, 0.6) is 0 Å². The SMILES string of the molecule is O.O.O.O=[N+]([O-])O.O=[N+]([O-])O.[Cu]. The minimum Gasteiger partial charge on any atom is -0.412 e. The fourth-order valence-corrected chi connectivity index (χ4v) is 0. The summed E-state index contributed by atoms with van der Waals surface area (Å²) in [5, 5.41) is 27.3. The van der Waals surface area contributed by atoms with Gasteiger partial charge in [0.05, 0.1) is 0 Å². The Bertz CT molecular complexity index is 70.5. The molecule has 0 atom stereocenters. The molecule has 1 radical (unpaired) electrons. The molecule has 0 spiro atoms. The number of nitrogens with zero attached hydrogens (tertiary/aromatic N) is 2. The molecular weight excluding hydrogens is 236 g/mol. The Hall–Kier alpha value is -1.20. The van der Waals surface area contributed by atoms with E-state index in [0.717, 1.165) is 0 Å². The molecule has 0 saturated heterocycles. The van der Waals surface area contributed by atoms with Gasteiger partial charge in [0.1, 0.15) is 0 Å². The van der Waals surface area contributed by atoms with Gasteiger partial charge in [0.15, 0.2) is 0 Å². The van der Waals surface area contributed by atoms with E-state index in [9.17, 15) is 0 Å². The summed E-state index contributed by atoms with van der Waals surface area (Å²) in [7, 11) is 0. The van der Waals surface area contributed by atoms with Crippen LogP contribution in [0.15, 0.2) is 0 Å². The summed E-state index contributed by atoms with van der Waals surface area (Å²) in [6.07, 6.45) is 0. The standard InChI is InChI=1S/Cu.2HNO3.3H2O/c;2*2-1(3)4;;;/h;2*(H,2,3,4);3*1H2. The van der Waals surface area contributed by atoms with Crippen LogP contribution in [0.25, 0.3) is 0 Å². The van der Waals surface area contributed by atoms with Crippen LogP contribution in [-0.4, -0.2) is 37.0 Å². The van der Waals surface area contributed by atoms with Gasteiger partial charge in [-0.25, -0.2) is 0 Å². The van der Waals surface area contributed by atoms with Crippen LogP contribution in [0.1, 0.15) is 0 Å². The van der Waals surface area contributed by atoms with Crippen molar-refractivity contribution >= 4 is 0 Å². The first kappa shape index (κ1) is 45.0. The molecule has 0 unspecified atom stereocenters. The Morgan fingerprint density at radius 1 is 0.833 bits per heavy atom.